The zero-order valence-electron chi connectivity index (χ0n) is 21.1. The van der Waals surface area contributed by atoms with E-state index in [1.807, 2.05) is 23.9 Å². The number of fused-ring (bicyclic) bond motifs is 1. The minimum absolute atomic E-state index is 0.143. The first-order valence-electron chi connectivity index (χ1n) is 13.3. The Morgan fingerprint density at radius 3 is 2.54 bits per heavy atom. The number of aromatic nitrogens is 4. The van der Waals surface area contributed by atoms with Gasteiger partial charge in [-0.3, -0.25) is 4.79 Å². The number of pyridine rings is 1. The molecule has 0 aliphatic carbocycles. The van der Waals surface area contributed by atoms with Crippen LogP contribution in [0.15, 0.2) is 30.6 Å². The van der Waals surface area contributed by atoms with E-state index < -0.39 is 5.82 Å². The Bertz CT molecular complexity index is 1280. The summed E-state index contributed by atoms with van der Waals surface area (Å²) in [4.78, 5) is 27.7. The fourth-order valence-corrected chi connectivity index (χ4v) is 6.07. The van der Waals surface area contributed by atoms with Crippen molar-refractivity contribution in [2.45, 2.75) is 32.1 Å². The van der Waals surface area contributed by atoms with E-state index >= 15 is 0 Å². The number of rotatable bonds is 5. The second-order valence-electron chi connectivity index (χ2n) is 10.3. The number of amides is 1. The predicted octanol–water partition coefficient (Wildman–Crippen LogP) is 3.26. The first kappa shape index (κ1) is 23.8. The van der Waals surface area contributed by atoms with E-state index in [0.717, 1.165) is 55.6 Å². The van der Waals surface area contributed by atoms with E-state index in [1.165, 1.54) is 25.7 Å². The Morgan fingerprint density at radius 1 is 1.03 bits per heavy atom. The summed E-state index contributed by atoms with van der Waals surface area (Å²) in [6, 6.07) is 5.67. The topological polar surface area (TPSA) is 100 Å². The minimum atomic E-state index is -0.542. The van der Waals surface area contributed by atoms with Crippen LogP contribution >= 0.6 is 0 Å². The number of halogens is 1. The van der Waals surface area contributed by atoms with Crippen molar-refractivity contribution >= 4 is 23.4 Å². The molecule has 2 saturated heterocycles. The number of nitrogens with zero attached hydrogens (tertiary/aromatic N) is 5. The van der Waals surface area contributed by atoms with Gasteiger partial charge >= 0.3 is 0 Å². The quantitative estimate of drug-likeness (QED) is 0.490. The van der Waals surface area contributed by atoms with Crippen molar-refractivity contribution in [3.05, 3.63) is 47.7 Å². The van der Waals surface area contributed by atoms with Gasteiger partial charge in [-0.2, -0.15) is 0 Å². The van der Waals surface area contributed by atoms with Gasteiger partial charge < -0.3 is 25.4 Å². The van der Waals surface area contributed by atoms with Gasteiger partial charge in [0, 0.05) is 38.8 Å². The molecule has 1 amide bonds. The average molecular weight is 505 g/mol. The van der Waals surface area contributed by atoms with Crippen molar-refractivity contribution in [3.8, 4) is 11.4 Å². The molecule has 6 heterocycles. The molecule has 10 heteroatoms. The van der Waals surface area contributed by atoms with Crippen molar-refractivity contribution < 1.29 is 9.18 Å². The molecule has 37 heavy (non-hydrogen) atoms. The molecule has 3 aliphatic heterocycles. The maximum absolute atomic E-state index is 14.7. The summed E-state index contributed by atoms with van der Waals surface area (Å²) in [7, 11) is 1.83. The molecule has 0 saturated carbocycles. The van der Waals surface area contributed by atoms with Gasteiger partial charge in [-0.25, -0.2) is 19.3 Å². The number of hydrogen-bond acceptors (Lipinski definition) is 7. The van der Waals surface area contributed by atoms with E-state index in [-0.39, 0.29) is 17.5 Å². The van der Waals surface area contributed by atoms with Crippen LogP contribution in [0, 0.1) is 17.7 Å². The molecule has 0 aromatic carbocycles. The van der Waals surface area contributed by atoms with Gasteiger partial charge in [0.1, 0.15) is 11.5 Å². The molecule has 0 unspecified atom stereocenters. The minimum Gasteiger partial charge on any atom is -0.370 e. The van der Waals surface area contributed by atoms with Crippen molar-refractivity contribution in [3.63, 3.8) is 0 Å². The number of anilines is 3. The SMILES string of the molecule is Cn1c(-c2nc(Nc3ccc(N4CCC(C5CCNCC5)CC4)cn3)ncc2F)cc2c1CCNC2=O. The molecule has 3 aromatic heterocycles. The van der Waals surface area contributed by atoms with Gasteiger partial charge in [-0.1, -0.05) is 0 Å². The Hall–Kier alpha value is -3.53. The number of carbonyl (C=O) groups excluding carboxylic acids is 1. The fourth-order valence-electron chi connectivity index (χ4n) is 6.07. The zero-order chi connectivity index (χ0) is 25.4. The van der Waals surface area contributed by atoms with Gasteiger partial charge in [0.15, 0.2) is 5.82 Å². The van der Waals surface area contributed by atoms with Crippen LogP contribution in [0.1, 0.15) is 41.7 Å². The zero-order valence-corrected chi connectivity index (χ0v) is 21.1. The molecule has 0 bridgehead atoms. The van der Waals surface area contributed by atoms with Gasteiger partial charge in [0.25, 0.3) is 5.91 Å². The third kappa shape index (κ3) is 4.77. The molecule has 9 nitrogen and oxygen atoms in total. The van der Waals surface area contributed by atoms with Crippen molar-refractivity contribution in [2.75, 3.05) is 42.9 Å². The first-order chi connectivity index (χ1) is 18.1. The normalized spacial score (nSPS) is 19.0. The van der Waals surface area contributed by atoms with E-state index in [2.05, 4.69) is 41.9 Å². The lowest BCUT2D eigenvalue weighted by Crippen LogP contribution is -2.39. The van der Waals surface area contributed by atoms with E-state index in [9.17, 15) is 9.18 Å². The maximum Gasteiger partial charge on any atom is 0.253 e. The molecule has 0 radical (unpaired) electrons. The molecule has 6 rings (SSSR count). The lowest BCUT2D eigenvalue weighted by molar-refractivity contribution is 0.0945. The number of hydrogen-bond donors (Lipinski definition) is 3. The van der Waals surface area contributed by atoms with Crippen LogP contribution in [0.5, 0.6) is 0 Å². The van der Waals surface area contributed by atoms with Crippen molar-refractivity contribution in [1.29, 1.82) is 0 Å². The number of carbonyl (C=O) groups is 1. The summed E-state index contributed by atoms with van der Waals surface area (Å²) in [5, 5.41) is 9.40. The second-order valence-corrected chi connectivity index (χ2v) is 10.3. The monoisotopic (exact) mass is 504 g/mol. The molecule has 3 aromatic rings. The van der Waals surface area contributed by atoms with E-state index in [1.54, 1.807) is 6.07 Å². The highest BCUT2D eigenvalue weighted by Gasteiger charge is 2.28. The highest BCUT2D eigenvalue weighted by atomic mass is 19.1. The maximum atomic E-state index is 14.7. The van der Waals surface area contributed by atoms with Crippen LogP contribution < -0.4 is 20.9 Å². The molecular formula is C27H33FN8O. The van der Waals surface area contributed by atoms with E-state index in [4.69, 9.17) is 0 Å². The Balaban J connectivity index is 1.13. The first-order valence-corrected chi connectivity index (χ1v) is 13.3. The molecule has 0 spiro atoms. The Labute approximate surface area is 215 Å². The van der Waals surface area contributed by atoms with Crippen molar-refractivity contribution in [2.24, 2.45) is 18.9 Å². The Kier molecular flexibility index (Phi) is 6.50. The predicted molar refractivity (Wildman–Crippen MR) is 140 cm³/mol. The molecule has 3 aliphatic rings. The molecule has 3 N–H and O–H groups in total. The summed E-state index contributed by atoms with van der Waals surface area (Å²) < 4.78 is 16.6. The van der Waals surface area contributed by atoms with Crippen LogP contribution in [0.4, 0.5) is 21.8 Å². The van der Waals surface area contributed by atoms with Crippen LogP contribution in [-0.2, 0) is 13.5 Å². The summed E-state index contributed by atoms with van der Waals surface area (Å²) in [5.41, 5.74) is 3.25. The van der Waals surface area contributed by atoms with Crippen LogP contribution in [0.2, 0.25) is 0 Å². The molecule has 2 fully saturated rings. The number of nitrogens with one attached hydrogen (secondary N) is 3. The third-order valence-corrected chi connectivity index (χ3v) is 8.18. The van der Waals surface area contributed by atoms with E-state index in [0.29, 0.717) is 30.0 Å². The number of piperidine rings is 2. The summed E-state index contributed by atoms with van der Waals surface area (Å²) in [6.07, 6.45) is 8.81. The second kappa shape index (κ2) is 10.1. The van der Waals surface area contributed by atoms with Crippen LogP contribution in [-0.4, -0.2) is 58.1 Å². The van der Waals surface area contributed by atoms with Gasteiger partial charge in [0.2, 0.25) is 5.95 Å². The summed E-state index contributed by atoms with van der Waals surface area (Å²) in [5.74, 6) is 1.86. The highest BCUT2D eigenvalue weighted by molar-refractivity contribution is 5.97. The largest absolute Gasteiger partial charge is 0.370 e. The van der Waals surface area contributed by atoms with Gasteiger partial charge in [-0.15, -0.1) is 0 Å². The molecule has 194 valence electrons. The van der Waals surface area contributed by atoms with Gasteiger partial charge in [0.05, 0.1) is 29.3 Å². The molecular weight excluding hydrogens is 471 g/mol. The molecule has 0 atom stereocenters. The van der Waals surface area contributed by atoms with Gasteiger partial charge in [-0.05, 0) is 68.8 Å². The van der Waals surface area contributed by atoms with Crippen molar-refractivity contribution in [1.82, 2.24) is 30.2 Å². The fraction of sp³-hybridized carbons (Fsp3) is 0.481. The van der Waals surface area contributed by atoms with Crippen LogP contribution in [0.3, 0.4) is 0 Å². The average Bonchev–Trinajstić information content (AvgIpc) is 3.28. The lowest BCUT2D eigenvalue weighted by Gasteiger charge is -2.38. The summed E-state index contributed by atoms with van der Waals surface area (Å²) in [6.45, 7) is 5.01. The van der Waals surface area contributed by atoms with Crippen LogP contribution in [0.25, 0.3) is 11.4 Å². The Morgan fingerprint density at radius 2 is 1.81 bits per heavy atom. The highest BCUT2D eigenvalue weighted by Crippen LogP contribution is 2.33. The standard InChI is InChI=1S/C27H33FN8O/c1-35-22-6-11-30-26(37)20(22)14-23(35)25-21(28)16-32-27(34-25)33-24-3-2-19(15-31-24)36-12-7-18(8-13-36)17-4-9-29-10-5-17/h2-3,14-18,29H,4-13H2,1H3,(H,30,37)(H,31,32,33,34). The third-order valence-electron chi connectivity index (χ3n) is 8.18. The lowest BCUT2D eigenvalue weighted by atomic mass is 9.79. The smallest absolute Gasteiger partial charge is 0.253 e. The summed E-state index contributed by atoms with van der Waals surface area (Å²) >= 11 is 0.